The van der Waals surface area contributed by atoms with Gasteiger partial charge in [0.2, 0.25) is 0 Å². The third-order valence-electron chi connectivity index (χ3n) is 6.56. The van der Waals surface area contributed by atoms with E-state index in [2.05, 4.69) is 9.88 Å². The Morgan fingerprint density at radius 1 is 1.00 bits per heavy atom. The van der Waals surface area contributed by atoms with Crippen LogP contribution in [0.4, 0.5) is 4.39 Å². The van der Waals surface area contributed by atoms with Crippen molar-refractivity contribution in [3.05, 3.63) is 60.2 Å². The quantitative estimate of drug-likeness (QED) is 0.603. The van der Waals surface area contributed by atoms with Gasteiger partial charge < -0.3 is 4.90 Å². The van der Waals surface area contributed by atoms with Crippen molar-refractivity contribution in [1.82, 2.24) is 18.8 Å². The van der Waals surface area contributed by atoms with E-state index in [1.54, 1.807) is 18.2 Å². The molecular formula is C23H25FN4O3S. The predicted octanol–water partition coefficient (Wildman–Crippen LogP) is 3.11. The molecule has 1 aliphatic carbocycles. The van der Waals surface area contributed by atoms with Crippen molar-refractivity contribution in [2.24, 2.45) is 0 Å². The van der Waals surface area contributed by atoms with Crippen LogP contribution in [0.1, 0.15) is 36.0 Å². The largest absolute Gasteiger partial charge is 0.336 e. The molecule has 1 aromatic heterocycles. The lowest BCUT2D eigenvalue weighted by Crippen LogP contribution is -2.51. The first-order chi connectivity index (χ1) is 15.4. The minimum Gasteiger partial charge on any atom is -0.336 e. The molecule has 2 fully saturated rings. The molecular weight excluding hydrogens is 431 g/mol. The van der Waals surface area contributed by atoms with Gasteiger partial charge in [-0.25, -0.2) is 21.8 Å². The molecule has 1 saturated heterocycles. The van der Waals surface area contributed by atoms with Crippen LogP contribution < -0.4 is 0 Å². The second kappa shape index (κ2) is 8.29. The molecule has 1 aliphatic heterocycles. The highest BCUT2D eigenvalue weighted by molar-refractivity contribution is 7.90. The molecule has 7 nitrogen and oxygen atoms in total. The Morgan fingerprint density at radius 3 is 2.47 bits per heavy atom. The van der Waals surface area contributed by atoms with Crippen LogP contribution in [0.2, 0.25) is 0 Å². The molecule has 0 bridgehead atoms. The number of carbonyl (C=O) groups excluding carboxylic acids is 1. The number of rotatable bonds is 4. The second-order valence-electron chi connectivity index (χ2n) is 8.47. The number of amides is 1. The van der Waals surface area contributed by atoms with Crippen LogP contribution in [0.15, 0.2) is 53.7 Å². The third kappa shape index (κ3) is 3.80. The van der Waals surface area contributed by atoms with Crippen molar-refractivity contribution in [3.8, 4) is 0 Å². The topological polar surface area (TPSA) is 75.5 Å². The van der Waals surface area contributed by atoms with E-state index in [1.165, 1.54) is 50.2 Å². The van der Waals surface area contributed by atoms with Crippen LogP contribution in [0, 0.1) is 5.82 Å². The fraction of sp³-hybridized carbons (Fsp3) is 0.391. The highest BCUT2D eigenvalue weighted by Crippen LogP contribution is 2.25. The van der Waals surface area contributed by atoms with Crippen LogP contribution in [0.5, 0.6) is 0 Å². The van der Waals surface area contributed by atoms with Crippen molar-refractivity contribution in [2.45, 2.75) is 36.6 Å². The number of nitrogens with zero attached hydrogens (tertiary/aromatic N) is 4. The van der Waals surface area contributed by atoms with Crippen LogP contribution >= 0.6 is 0 Å². The molecule has 0 radical (unpaired) electrons. The number of hydrogen-bond donors (Lipinski definition) is 0. The molecule has 0 N–H and O–H groups in total. The number of carbonyl (C=O) groups is 1. The third-order valence-corrected chi connectivity index (χ3v) is 8.22. The second-order valence-corrected chi connectivity index (χ2v) is 10.3. The Balaban J connectivity index is 1.35. The lowest BCUT2D eigenvalue weighted by molar-refractivity contribution is 0.0573. The molecule has 168 valence electrons. The predicted molar refractivity (Wildman–Crippen MR) is 118 cm³/mol. The van der Waals surface area contributed by atoms with E-state index in [9.17, 15) is 17.6 Å². The van der Waals surface area contributed by atoms with Gasteiger partial charge in [-0.1, -0.05) is 18.9 Å². The fourth-order valence-corrected chi connectivity index (χ4v) is 6.12. The molecule has 0 spiro atoms. The van der Waals surface area contributed by atoms with E-state index >= 15 is 0 Å². The number of halogens is 1. The molecule has 1 saturated carbocycles. The van der Waals surface area contributed by atoms with Crippen molar-refractivity contribution in [3.63, 3.8) is 0 Å². The Morgan fingerprint density at radius 2 is 1.75 bits per heavy atom. The van der Waals surface area contributed by atoms with Crippen LogP contribution in [0.25, 0.3) is 11.0 Å². The zero-order chi connectivity index (χ0) is 22.3. The smallest absolute Gasteiger partial charge is 0.269 e. The van der Waals surface area contributed by atoms with E-state index in [1.807, 2.05) is 4.90 Å². The normalized spacial score (nSPS) is 18.5. The number of imidazole rings is 1. The molecule has 32 heavy (non-hydrogen) atoms. The Hall–Kier alpha value is -2.78. The van der Waals surface area contributed by atoms with Crippen molar-refractivity contribution in [1.29, 1.82) is 0 Å². The van der Waals surface area contributed by atoms with Gasteiger partial charge in [-0.15, -0.1) is 0 Å². The van der Waals surface area contributed by atoms with E-state index in [0.29, 0.717) is 35.7 Å². The average molecular weight is 457 g/mol. The minimum absolute atomic E-state index is 0.0690. The van der Waals surface area contributed by atoms with Gasteiger partial charge in [-0.3, -0.25) is 9.69 Å². The summed E-state index contributed by atoms with van der Waals surface area (Å²) < 4.78 is 40.5. The first kappa shape index (κ1) is 21.1. The van der Waals surface area contributed by atoms with Crippen LogP contribution in [-0.4, -0.2) is 65.3 Å². The van der Waals surface area contributed by atoms with Gasteiger partial charge in [-0.2, -0.15) is 0 Å². The van der Waals surface area contributed by atoms with Gasteiger partial charge in [0.1, 0.15) is 12.1 Å². The standard InChI is InChI=1S/C23H25FN4O3S/c24-18-4-3-7-20(15-18)32(30,31)28-16-25-21-14-17(8-9-22(21)28)23(29)27-12-10-26(11-13-27)19-5-1-2-6-19/h3-4,7-9,14-16,19H,1-2,5-6,10-13H2. The van der Waals surface area contributed by atoms with E-state index in [0.717, 1.165) is 23.1 Å². The number of fused-ring (bicyclic) bond motifs is 1. The molecule has 2 aliphatic rings. The molecule has 2 aromatic carbocycles. The van der Waals surface area contributed by atoms with Gasteiger partial charge in [-0.05, 0) is 49.2 Å². The first-order valence-corrected chi connectivity index (χ1v) is 12.4. The number of piperazine rings is 1. The minimum atomic E-state index is -4.00. The van der Waals surface area contributed by atoms with Crippen molar-refractivity contribution in [2.75, 3.05) is 26.2 Å². The van der Waals surface area contributed by atoms with Crippen molar-refractivity contribution >= 4 is 27.0 Å². The zero-order valence-corrected chi connectivity index (χ0v) is 18.5. The molecule has 0 unspecified atom stereocenters. The maximum absolute atomic E-state index is 13.5. The van der Waals surface area contributed by atoms with E-state index in [-0.39, 0.29) is 10.8 Å². The maximum atomic E-state index is 13.5. The zero-order valence-electron chi connectivity index (χ0n) is 17.7. The average Bonchev–Trinajstić information content (AvgIpc) is 3.49. The Labute approximate surface area is 186 Å². The number of aromatic nitrogens is 2. The van der Waals surface area contributed by atoms with Gasteiger partial charge in [0.05, 0.1) is 15.9 Å². The molecule has 0 atom stereocenters. The molecule has 5 rings (SSSR count). The fourth-order valence-electron chi connectivity index (χ4n) is 4.80. The number of hydrogen-bond acceptors (Lipinski definition) is 5. The van der Waals surface area contributed by atoms with Gasteiger partial charge in [0.15, 0.2) is 0 Å². The van der Waals surface area contributed by atoms with Gasteiger partial charge >= 0.3 is 0 Å². The Bertz CT molecular complexity index is 1260. The highest BCUT2D eigenvalue weighted by atomic mass is 32.2. The number of benzene rings is 2. The van der Waals surface area contributed by atoms with Crippen LogP contribution in [-0.2, 0) is 10.0 Å². The molecule has 3 aromatic rings. The molecule has 2 heterocycles. The van der Waals surface area contributed by atoms with Crippen molar-refractivity contribution < 1.29 is 17.6 Å². The summed E-state index contributed by atoms with van der Waals surface area (Å²) in [5.74, 6) is -0.697. The SMILES string of the molecule is O=C(c1ccc2c(c1)ncn2S(=O)(=O)c1cccc(F)c1)N1CCN(C2CCCC2)CC1. The molecule has 9 heteroatoms. The monoisotopic (exact) mass is 456 g/mol. The summed E-state index contributed by atoms with van der Waals surface area (Å²) >= 11 is 0. The van der Waals surface area contributed by atoms with E-state index in [4.69, 9.17) is 0 Å². The highest BCUT2D eigenvalue weighted by Gasteiger charge is 2.28. The van der Waals surface area contributed by atoms with Gasteiger partial charge in [0, 0.05) is 37.8 Å². The van der Waals surface area contributed by atoms with Gasteiger partial charge in [0.25, 0.3) is 15.9 Å². The lowest BCUT2D eigenvalue weighted by atomic mass is 10.1. The summed E-state index contributed by atoms with van der Waals surface area (Å²) in [6.07, 6.45) is 6.30. The summed E-state index contributed by atoms with van der Waals surface area (Å²) in [7, 11) is -4.00. The Kier molecular flexibility index (Phi) is 5.46. The summed E-state index contributed by atoms with van der Waals surface area (Å²) in [5.41, 5.74) is 1.23. The molecule has 1 amide bonds. The maximum Gasteiger partial charge on any atom is 0.269 e. The first-order valence-electron chi connectivity index (χ1n) is 10.9. The summed E-state index contributed by atoms with van der Waals surface area (Å²) in [4.78, 5) is 21.4. The summed E-state index contributed by atoms with van der Waals surface area (Å²) in [5, 5.41) is 0. The van der Waals surface area contributed by atoms with E-state index < -0.39 is 15.8 Å². The lowest BCUT2D eigenvalue weighted by Gasteiger charge is -2.38. The van der Waals surface area contributed by atoms with Crippen LogP contribution in [0.3, 0.4) is 0 Å². The summed E-state index contributed by atoms with van der Waals surface area (Å²) in [6, 6.07) is 10.4. The summed E-state index contributed by atoms with van der Waals surface area (Å²) in [6.45, 7) is 3.16.